The van der Waals surface area contributed by atoms with Gasteiger partial charge < -0.3 is 10.1 Å². The highest BCUT2D eigenvalue weighted by atomic mass is 32.1. The molecule has 0 saturated carbocycles. The second-order valence-electron chi connectivity index (χ2n) is 8.08. The van der Waals surface area contributed by atoms with Crippen molar-refractivity contribution in [2.24, 2.45) is 0 Å². The Morgan fingerprint density at radius 3 is 1.69 bits per heavy atom. The van der Waals surface area contributed by atoms with E-state index in [9.17, 15) is 4.79 Å². The summed E-state index contributed by atoms with van der Waals surface area (Å²) in [6.45, 7) is 0. The lowest BCUT2D eigenvalue weighted by atomic mass is 9.77. The van der Waals surface area contributed by atoms with Gasteiger partial charge in [-0.3, -0.25) is 0 Å². The number of rotatable bonds is 7. The summed E-state index contributed by atoms with van der Waals surface area (Å²) in [6, 6.07) is 38.7. The summed E-state index contributed by atoms with van der Waals surface area (Å²) in [7, 11) is 1.38. The molecule has 0 unspecified atom stereocenters. The third-order valence-electron chi connectivity index (χ3n) is 6.02. The fraction of sp³-hybridized carbons (Fsp3) is 0.0667. The Labute approximate surface area is 208 Å². The van der Waals surface area contributed by atoms with E-state index in [-0.39, 0.29) is 5.97 Å². The van der Waals surface area contributed by atoms with Crippen molar-refractivity contribution >= 4 is 22.4 Å². The Balaban J connectivity index is 1.59. The van der Waals surface area contributed by atoms with E-state index in [0.29, 0.717) is 5.56 Å². The van der Waals surface area contributed by atoms with Crippen LogP contribution >= 0.6 is 11.3 Å². The number of esters is 1. The molecule has 172 valence electrons. The molecule has 0 bridgehead atoms. The zero-order valence-corrected chi connectivity index (χ0v) is 20.0. The summed E-state index contributed by atoms with van der Waals surface area (Å²) in [5.41, 5.74) is 5.03. The number of nitrogens with one attached hydrogen (secondary N) is 1. The second kappa shape index (κ2) is 9.95. The van der Waals surface area contributed by atoms with Gasteiger partial charge in [-0.25, -0.2) is 9.78 Å². The number of benzene rings is 4. The maximum atomic E-state index is 11.8. The van der Waals surface area contributed by atoms with Gasteiger partial charge in [0.1, 0.15) is 5.54 Å². The molecule has 0 aliphatic carbocycles. The first-order valence-corrected chi connectivity index (χ1v) is 12.2. The minimum absolute atomic E-state index is 0.351. The molecule has 0 spiro atoms. The van der Waals surface area contributed by atoms with E-state index in [2.05, 4.69) is 78.1 Å². The molecule has 5 heteroatoms. The Bertz CT molecular complexity index is 1300. The molecular weight excluding hydrogens is 452 g/mol. The van der Waals surface area contributed by atoms with Gasteiger partial charge in [0.2, 0.25) is 0 Å². The molecule has 0 fully saturated rings. The standard InChI is InChI=1S/C30H24N2O2S/c1-34-28(33)23-19-17-22(18-20-23)27-21-35-29(31-27)32-30(24-11-5-2-6-12-24,25-13-7-3-8-14-25)26-15-9-4-10-16-26/h2-21H,1H3,(H,31,32). The lowest BCUT2D eigenvalue weighted by molar-refractivity contribution is 0.0600. The summed E-state index contributed by atoms with van der Waals surface area (Å²) in [4.78, 5) is 16.7. The Morgan fingerprint density at radius 2 is 1.23 bits per heavy atom. The van der Waals surface area contributed by atoms with Crippen LogP contribution < -0.4 is 5.32 Å². The molecule has 5 aromatic rings. The van der Waals surface area contributed by atoms with Crippen molar-refractivity contribution in [3.8, 4) is 11.3 Å². The van der Waals surface area contributed by atoms with Crippen LogP contribution in [-0.2, 0) is 10.3 Å². The number of nitrogens with zero attached hydrogens (tertiary/aromatic N) is 1. The van der Waals surface area contributed by atoms with Crippen LogP contribution in [0.25, 0.3) is 11.3 Å². The first-order chi connectivity index (χ1) is 17.2. The molecule has 1 aromatic heterocycles. The van der Waals surface area contributed by atoms with E-state index >= 15 is 0 Å². The van der Waals surface area contributed by atoms with Crippen LogP contribution in [-0.4, -0.2) is 18.1 Å². The van der Waals surface area contributed by atoms with Crippen molar-refractivity contribution in [3.63, 3.8) is 0 Å². The third-order valence-corrected chi connectivity index (χ3v) is 6.78. The number of anilines is 1. The summed E-state index contributed by atoms with van der Waals surface area (Å²) < 4.78 is 4.80. The van der Waals surface area contributed by atoms with Crippen molar-refractivity contribution in [1.29, 1.82) is 0 Å². The van der Waals surface area contributed by atoms with Crippen molar-refractivity contribution in [1.82, 2.24) is 4.98 Å². The molecule has 4 aromatic carbocycles. The van der Waals surface area contributed by atoms with Gasteiger partial charge in [0, 0.05) is 10.9 Å². The third kappa shape index (κ3) is 4.46. The monoisotopic (exact) mass is 476 g/mol. The number of carbonyl (C=O) groups is 1. The molecule has 0 saturated heterocycles. The van der Waals surface area contributed by atoms with Crippen LogP contribution in [0.4, 0.5) is 5.13 Å². The second-order valence-corrected chi connectivity index (χ2v) is 8.94. The normalized spacial score (nSPS) is 11.1. The van der Waals surface area contributed by atoms with E-state index in [1.165, 1.54) is 7.11 Å². The van der Waals surface area contributed by atoms with E-state index in [1.807, 2.05) is 35.7 Å². The number of ether oxygens (including phenoxy) is 1. The number of thiazole rings is 1. The molecule has 1 N–H and O–H groups in total. The molecule has 5 rings (SSSR count). The first kappa shape index (κ1) is 22.6. The summed E-state index contributed by atoms with van der Waals surface area (Å²) in [6.07, 6.45) is 0. The van der Waals surface area contributed by atoms with Crippen molar-refractivity contribution in [2.45, 2.75) is 5.54 Å². The number of methoxy groups -OCH3 is 1. The zero-order chi connectivity index (χ0) is 24.1. The van der Waals surface area contributed by atoms with Crippen LogP contribution in [0.15, 0.2) is 121 Å². The van der Waals surface area contributed by atoms with Gasteiger partial charge in [-0.15, -0.1) is 11.3 Å². The highest BCUT2D eigenvalue weighted by molar-refractivity contribution is 7.14. The molecule has 0 amide bonds. The predicted molar refractivity (Wildman–Crippen MR) is 142 cm³/mol. The summed E-state index contributed by atoms with van der Waals surface area (Å²) >= 11 is 1.56. The van der Waals surface area contributed by atoms with Crippen molar-refractivity contribution in [3.05, 3.63) is 143 Å². The van der Waals surface area contributed by atoms with Gasteiger partial charge in [0.15, 0.2) is 5.13 Å². The quantitative estimate of drug-likeness (QED) is 0.203. The Kier molecular flexibility index (Phi) is 6.42. The van der Waals surface area contributed by atoms with Crippen LogP contribution in [0.1, 0.15) is 27.0 Å². The topological polar surface area (TPSA) is 51.2 Å². The van der Waals surface area contributed by atoms with E-state index < -0.39 is 5.54 Å². The minimum atomic E-state index is -0.631. The van der Waals surface area contributed by atoms with Crippen LogP contribution in [0.5, 0.6) is 0 Å². The van der Waals surface area contributed by atoms with Gasteiger partial charge in [0.05, 0.1) is 18.4 Å². The average Bonchev–Trinajstić information content (AvgIpc) is 3.41. The van der Waals surface area contributed by atoms with Gasteiger partial charge in [-0.2, -0.15) is 0 Å². The summed E-state index contributed by atoms with van der Waals surface area (Å²) in [5.74, 6) is -0.351. The van der Waals surface area contributed by atoms with Crippen molar-refractivity contribution < 1.29 is 9.53 Å². The van der Waals surface area contributed by atoms with E-state index in [4.69, 9.17) is 9.72 Å². The lowest BCUT2D eigenvalue weighted by Gasteiger charge is -2.36. The molecular formula is C30H24N2O2S. The molecule has 0 aliphatic heterocycles. The van der Waals surface area contributed by atoms with Crippen LogP contribution in [0.3, 0.4) is 0 Å². The van der Waals surface area contributed by atoms with Gasteiger partial charge >= 0.3 is 5.97 Å². The highest BCUT2D eigenvalue weighted by Gasteiger charge is 2.37. The van der Waals surface area contributed by atoms with Gasteiger partial charge in [-0.05, 0) is 28.8 Å². The van der Waals surface area contributed by atoms with E-state index in [1.54, 1.807) is 23.5 Å². The predicted octanol–water partition coefficient (Wildman–Crippen LogP) is 7.00. The number of carbonyl (C=O) groups excluding carboxylic acids is 1. The van der Waals surface area contributed by atoms with E-state index in [0.717, 1.165) is 33.1 Å². The first-order valence-electron chi connectivity index (χ1n) is 11.3. The maximum Gasteiger partial charge on any atom is 0.337 e. The summed E-state index contributed by atoms with van der Waals surface area (Å²) in [5, 5.41) is 6.63. The maximum absolute atomic E-state index is 11.8. The highest BCUT2D eigenvalue weighted by Crippen LogP contribution is 2.41. The number of aromatic nitrogens is 1. The molecule has 0 atom stereocenters. The SMILES string of the molecule is COC(=O)c1ccc(-c2csc(NC(c3ccccc3)(c3ccccc3)c3ccccc3)n2)cc1. The molecule has 35 heavy (non-hydrogen) atoms. The largest absolute Gasteiger partial charge is 0.465 e. The zero-order valence-electron chi connectivity index (χ0n) is 19.2. The number of hydrogen-bond donors (Lipinski definition) is 1. The molecule has 1 heterocycles. The Morgan fingerprint density at radius 1 is 0.743 bits per heavy atom. The fourth-order valence-corrected chi connectivity index (χ4v) is 5.08. The minimum Gasteiger partial charge on any atom is -0.465 e. The smallest absolute Gasteiger partial charge is 0.337 e. The molecule has 0 aliphatic rings. The van der Waals surface area contributed by atoms with Gasteiger partial charge in [0.25, 0.3) is 0 Å². The average molecular weight is 477 g/mol. The fourth-order valence-electron chi connectivity index (χ4n) is 4.30. The lowest BCUT2D eigenvalue weighted by Crippen LogP contribution is -2.38. The number of hydrogen-bond acceptors (Lipinski definition) is 5. The van der Waals surface area contributed by atoms with Gasteiger partial charge in [-0.1, -0.05) is 103 Å². The van der Waals surface area contributed by atoms with Crippen LogP contribution in [0, 0.1) is 0 Å². The Hall–Kier alpha value is -4.22. The molecule has 0 radical (unpaired) electrons. The van der Waals surface area contributed by atoms with Crippen molar-refractivity contribution in [2.75, 3.05) is 12.4 Å². The van der Waals surface area contributed by atoms with Crippen LogP contribution in [0.2, 0.25) is 0 Å². The molecule has 4 nitrogen and oxygen atoms in total.